The first kappa shape index (κ1) is 18.7. The van der Waals surface area contributed by atoms with E-state index in [2.05, 4.69) is 10.4 Å². The van der Waals surface area contributed by atoms with E-state index in [9.17, 15) is 14.9 Å². The van der Waals surface area contributed by atoms with E-state index < -0.39 is 10.8 Å². The molecule has 0 fully saturated rings. The van der Waals surface area contributed by atoms with Gasteiger partial charge in [0.1, 0.15) is 5.56 Å². The van der Waals surface area contributed by atoms with Crippen molar-refractivity contribution < 1.29 is 9.72 Å². The first-order valence-corrected chi connectivity index (χ1v) is 9.50. The van der Waals surface area contributed by atoms with E-state index in [1.54, 1.807) is 23.0 Å². The number of nitro groups is 1. The molecule has 0 aliphatic heterocycles. The summed E-state index contributed by atoms with van der Waals surface area (Å²) < 4.78 is 1.77. The molecule has 3 rings (SSSR count). The van der Waals surface area contributed by atoms with E-state index >= 15 is 0 Å². The molecule has 27 heavy (non-hydrogen) atoms. The minimum Gasteiger partial charge on any atom is -0.351 e. The molecule has 2 aromatic carbocycles. The number of amides is 1. The maximum Gasteiger partial charge on any atom is 0.282 e. The lowest BCUT2D eigenvalue weighted by Crippen LogP contribution is -2.26. The van der Waals surface area contributed by atoms with Crippen LogP contribution in [0.4, 0.5) is 5.69 Å². The summed E-state index contributed by atoms with van der Waals surface area (Å²) in [7, 11) is 0. The van der Waals surface area contributed by atoms with Gasteiger partial charge in [0.2, 0.25) is 0 Å². The normalized spacial score (nSPS) is 10.6. The third kappa shape index (κ3) is 4.53. The highest BCUT2D eigenvalue weighted by Gasteiger charge is 2.20. The summed E-state index contributed by atoms with van der Waals surface area (Å²) in [6, 6.07) is 14.3. The first-order chi connectivity index (χ1) is 13.1. The van der Waals surface area contributed by atoms with Crippen molar-refractivity contribution in [2.45, 2.75) is 11.3 Å². The lowest BCUT2D eigenvalue weighted by atomic mass is 10.1. The maximum absolute atomic E-state index is 12.4. The number of carbonyl (C=O) groups excluding carboxylic acids is 1. The van der Waals surface area contributed by atoms with Gasteiger partial charge in [-0.05, 0) is 48.6 Å². The van der Waals surface area contributed by atoms with Gasteiger partial charge in [0, 0.05) is 29.9 Å². The minimum absolute atomic E-state index is 0.0841. The minimum atomic E-state index is -0.535. The summed E-state index contributed by atoms with van der Waals surface area (Å²) in [5, 5.41) is 18.1. The Morgan fingerprint density at radius 1 is 1.26 bits per heavy atom. The van der Waals surface area contributed by atoms with Crippen LogP contribution in [-0.4, -0.2) is 33.4 Å². The molecule has 1 N–H and O–H groups in total. The molecule has 0 unspecified atom stereocenters. The molecular formula is C19H18N4O3S. The van der Waals surface area contributed by atoms with Gasteiger partial charge in [-0.1, -0.05) is 12.1 Å². The van der Waals surface area contributed by atoms with Crippen LogP contribution in [0.5, 0.6) is 0 Å². The summed E-state index contributed by atoms with van der Waals surface area (Å²) in [6.07, 6.45) is 6.07. The summed E-state index contributed by atoms with van der Waals surface area (Å²) in [6.45, 7) is 0.389. The Morgan fingerprint density at radius 3 is 2.67 bits per heavy atom. The number of nitro benzene ring substituents is 1. The molecule has 0 aliphatic carbocycles. The van der Waals surface area contributed by atoms with Gasteiger partial charge in [-0.2, -0.15) is 5.10 Å². The van der Waals surface area contributed by atoms with Gasteiger partial charge >= 0.3 is 0 Å². The summed E-state index contributed by atoms with van der Waals surface area (Å²) >= 11 is 1.43. The molecule has 1 heterocycles. The number of hydrogen-bond donors (Lipinski definition) is 1. The molecule has 0 aliphatic rings. The van der Waals surface area contributed by atoms with Crippen molar-refractivity contribution in [1.29, 1.82) is 0 Å². The molecule has 0 radical (unpaired) electrons. The zero-order valence-corrected chi connectivity index (χ0v) is 15.5. The first-order valence-electron chi connectivity index (χ1n) is 8.28. The Kier molecular flexibility index (Phi) is 5.87. The molecule has 0 spiro atoms. The number of carbonyl (C=O) groups is 1. The third-order valence-corrected chi connectivity index (χ3v) is 4.77. The van der Waals surface area contributed by atoms with Crippen LogP contribution in [0.2, 0.25) is 0 Å². The molecule has 8 heteroatoms. The van der Waals surface area contributed by atoms with Crippen LogP contribution in [0.1, 0.15) is 15.9 Å². The van der Waals surface area contributed by atoms with Crippen LogP contribution in [0.25, 0.3) is 5.69 Å². The lowest BCUT2D eigenvalue weighted by Gasteiger charge is -2.08. The standard InChI is InChI=1S/C19H18N4O3S/c1-27-16-7-8-18(23(25)26)17(13-16)19(24)20-11-9-14-3-5-15(6-4-14)22-12-2-10-21-22/h2-8,10,12-13H,9,11H2,1H3,(H,20,24). The van der Waals surface area contributed by atoms with E-state index in [-0.39, 0.29) is 11.3 Å². The van der Waals surface area contributed by atoms with E-state index in [0.717, 1.165) is 16.1 Å². The van der Waals surface area contributed by atoms with Crippen LogP contribution in [0.15, 0.2) is 65.8 Å². The number of benzene rings is 2. The van der Waals surface area contributed by atoms with Crippen LogP contribution < -0.4 is 5.32 Å². The van der Waals surface area contributed by atoms with Crippen molar-refractivity contribution in [3.05, 3.63) is 82.2 Å². The fourth-order valence-corrected chi connectivity index (χ4v) is 3.08. The van der Waals surface area contributed by atoms with Crippen LogP contribution >= 0.6 is 11.8 Å². The fraction of sp³-hybridized carbons (Fsp3) is 0.158. The predicted molar refractivity (Wildman–Crippen MR) is 104 cm³/mol. The largest absolute Gasteiger partial charge is 0.351 e. The Labute approximate surface area is 160 Å². The van der Waals surface area contributed by atoms with Gasteiger partial charge in [-0.15, -0.1) is 11.8 Å². The van der Waals surface area contributed by atoms with Gasteiger partial charge in [-0.25, -0.2) is 4.68 Å². The highest BCUT2D eigenvalue weighted by atomic mass is 32.2. The summed E-state index contributed by atoms with van der Waals surface area (Å²) in [5.41, 5.74) is 1.91. The molecule has 0 saturated heterocycles. The predicted octanol–water partition coefficient (Wildman–Crippen LogP) is 3.47. The molecule has 0 atom stereocenters. The molecule has 138 valence electrons. The Balaban J connectivity index is 1.62. The molecule has 0 bridgehead atoms. The highest BCUT2D eigenvalue weighted by molar-refractivity contribution is 7.98. The summed E-state index contributed by atoms with van der Waals surface area (Å²) in [4.78, 5) is 23.8. The Bertz CT molecular complexity index is 940. The molecule has 1 aromatic heterocycles. The van der Waals surface area contributed by atoms with Gasteiger partial charge in [0.15, 0.2) is 0 Å². The van der Waals surface area contributed by atoms with Crippen molar-refractivity contribution >= 4 is 23.4 Å². The summed E-state index contributed by atoms with van der Waals surface area (Å²) in [5.74, 6) is -0.439. The number of nitrogens with one attached hydrogen (secondary N) is 1. The van der Waals surface area contributed by atoms with Crippen molar-refractivity contribution in [2.75, 3.05) is 12.8 Å². The third-order valence-electron chi connectivity index (χ3n) is 4.05. The van der Waals surface area contributed by atoms with Gasteiger partial charge in [0.05, 0.1) is 10.6 Å². The quantitative estimate of drug-likeness (QED) is 0.384. The van der Waals surface area contributed by atoms with Crippen LogP contribution in [0, 0.1) is 10.1 Å². The topological polar surface area (TPSA) is 90.1 Å². The van der Waals surface area contributed by atoms with Crippen LogP contribution in [-0.2, 0) is 6.42 Å². The second kappa shape index (κ2) is 8.50. The maximum atomic E-state index is 12.4. The van der Waals surface area contributed by atoms with E-state index in [0.29, 0.717) is 13.0 Å². The van der Waals surface area contributed by atoms with Crippen LogP contribution in [0.3, 0.4) is 0 Å². The molecule has 1 amide bonds. The Hall–Kier alpha value is -3.13. The van der Waals surface area contributed by atoms with Gasteiger partial charge in [0.25, 0.3) is 11.6 Å². The van der Waals surface area contributed by atoms with Crippen molar-refractivity contribution in [2.24, 2.45) is 0 Å². The monoisotopic (exact) mass is 382 g/mol. The smallest absolute Gasteiger partial charge is 0.282 e. The van der Waals surface area contributed by atoms with Gasteiger partial charge < -0.3 is 5.32 Å². The zero-order valence-electron chi connectivity index (χ0n) is 14.7. The van der Waals surface area contributed by atoms with Gasteiger partial charge in [-0.3, -0.25) is 14.9 Å². The number of rotatable bonds is 7. The zero-order chi connectivity index (χ0) is 19.2. The second-order valence-corrected chi connectivity index (χ2v) is 6.64. The highest BCUT2D eigenvalue weighted by Crippen LogP contribution is 2.24. The molecular weight excluding hydrogens is 364 g/mol. The average molecular weight is 382 g/mol. The molecule has 0 saturated carbocycles. The van der Waals surface area contributed by atoms with E-state index in [1.807, 2.05) is 42.8 Å². The van der Waals surface area contributed by atoms with E-state index in [4.69, 9.17) is 0 Å². The van der Waals surface area contributed by atoms with Crippen molar-refractivity contribution in [1.82, 2.24) is 15.1 Å². The Morgan fingerprint density at radius 2 is 2.04 bits per heavy atom. The number of hydrogen-bond acceptors (Lipinski definition) is 5. The SMILES string of the molecule is CSc1ccc([N+](=O)[O-])c(C(=O)NCCc2ccc(-n3cccn3)cc2)c1. The van der Waals surface area contributed by atoms with E-state index in [1.165, 1.54) is 17.8 Å². The molecule has 3 aromatic rings. The number of aromatic nitrogens is 2. The second-order valence-electron chi connectivity index (χ2n) is 5.76. The lowest BCUT2D eigenvalue weighted by molar-refractivity contribution is -0.385. The average Bonchev–Trinajstić information content (AvgIpc) is 3.22. The number of thioether (sulfide) groups is 1. The molecule has 7 nitrogen and oxygen atoms in total. The number of nitrogens with zero attached hydrogens (tertiary/aromatic N) is 3. The van der Waals surface area contributed by atoms with Crippen molar-refractivity contribution in [3.8, 4) is 5.69 Å². The van der Waals surface area contributed by atoms with Crippen molar-refractivity contribution in [3.63, 3.8) is 0 Å². The fourth-order valence-electron chi connectivity index (χ4n) is 2.64.